The van der Waals surface area contributed by atoms with Gasteiger partial charge in [-0.1, -0.05) is 91.0 Å². The summed E-state index contributed by atoms with van der Waals surface area (Å²) in [6, 6.07) is 29.9. The minimum absolute atomic E-state index is 0.125. The summed E-state index contributed by atoms with van der Waals surface area (Å²) in [7, 11) is 1.60. The van der Waals surface area contributed by atoms with E-state index in [2.05, 4.69) is 0 Å². The highest BCUT2D eigenvalue weighted by Gasteiger charge is 2.47. The van der Waals surface area contributed by atoms with Gasteiger partial charge in [-0.05, 0) is 16.7 Å². The smallest absolute Gasteiger partial charge is 0.186 e. The molecule has 0 bridgehead atoms. The van der Waals surface area contributed by atoms with Crippen LogP contribution in [0.15, 0.2) is 91.0 Å². The van der Waals surface area contributed by atoms with Crippen LogP contribution in [0.25, 0.3) is 0 Å². The van der Waals surface area contributed by atoms with Gasteiger partial charge in [0.25, 0.3) is 0 Å². The van der Waals surface area contributed by atoms with Crippen LogP contribution in [0.2, 0.25) is 0 Å². The van der Waals surface area contributed by atoms with Gasteiger partial charge in [0.05, 0.1) is 45.2 Å². The van der Waals surface area contributed by atoms with Gasteiger partial charge >= 0.3 is 0 Å². The van der Waals surface area contributed by atoms with Crippen LogP contribution in [0.1, 0.15) is 16.7 Å². The Hall–Kier alpha value is -2.58. The maximum atomic E-state index is 10.4. The molecule has 1 N–H and O–H groups in total. The van der Waals surface area contributed by atoms with Crippen molar-refractivity contribution in [2.24, 2.45) is 5.92 Å². The highest BCUT2D eigenvalue weighted by molar-refractivity contribution is 5.15. The van der Waals surface area contributed by atoms with Crippen LogP contribution < -0.4 is 0 Å². The van der Waals surface area contributed by atoms with E-state index in [1.807, 2.05) is 91.0 Å². The fourth-order valence-electron chi connectivity index (χ4n) is 4.33. The molecule has 4 rings (SSSR count). The SMILES string of the molecule is CO[C@H]1O[C@H](COCc2ccccc2)[C@@H](CO)[C@H](OCc2ccccc2)[C@H]1OCc1ccccc1. The zero-order valence-corrected chi connectivity index (χ0v) is 20.1. The van der Waals surface area contributed by atoms with Crippen molar-refractivity contribution in [3.05, 3.63) is 108 Å². The highest BCUT2D eigenvalue weighted by atomic mass is 16.7. The average Bonchev–Trinajstić information content (AvgIpc) is 2.92. The Morgan fingerprint density at radius 2 is 1.17 bits per heavy atom. The van der Waals surface area contributed by atoms with Gasteiger partial charge < -0.3 is 28.8 Å². The van der Waals surface area contributed by atoms with E-state index in [4.69, 9.17) is 23.7 Å². The zero-order chi connectivity index (χ0) is 24.3. The molecule has 1 heterocycles. The standard InChI is InChI=1S/C29H34O6/c1-31-29-28(34-20-24-15-9-4-10-16-24)27(33-19-23-13-7-3-8-14-23)25(17-30)26(35-29)21-32-18-22-11-5-2-6-12-22/h2-16,25-30H,17-21H2,1H3/t25-,26-,27+,28-,29+/m1/s1. The minimum atomic E-state index is -0.660. The summed E-state index contributed by atoms with van der Waals surface area (Å²) >= 11 is 0. The van der Waals surface area contributed by atoms with Crippen molar-refractivity contribution >= 4 is 0 Å². The first kappa shape index (κ1) is 25.5. The summed E-state index contributed by atoms with van der Waals surface area (Å²) in [6.45, 7) is 1.41. The van der Waals surface area contributed by atoms with E-state index in [9.17, 15) is 5.11 Å². The molecule has 0 radical (unpaired) electrons. The Bertz CT molecular complexity index is 968. The van der Waals surface area contributed by atoms with Crippen LogP contribution in [-0.4, -0.2) is 50.0 Å². The van der Waals surface area contributed by atoms with Gasteiger partial charge in [-0.15, -0.1) is 0 Å². The van der Waals surface area contributed by atoms with Gasteiger partial charge in [-0.2, -0.15) is 0 Å². The lowest BCUT2D eigenvalue weighted by molar-refractivity contribution is -0.308. The van der Waals surface area contributed by atoms with Crippen molar-refractivity contribution in [3.63, 3.8) is 0 Å². The number of ether oxygens (including phenoxy) is 5. The highest BCUT2D eigenvalue weighted by Crippen LogP contribution is 2.32. The average molecular weight is 479 g/mol. The van der Waals surface area contributed by atoms with Gasteiger partial charge in [0.15, 0.2) is 6.29 Å². The summed E-state index contributed by atoms with van der Waals surface area (Å²) in [5, 5.41) is 10.4. The molecule has 1 fully saturated rings. The Morgan fingerprint density at radius 3 is 1.66 bits per heavy atom. The first-order chi connectivity index (χ1) is 17.3. The van der Waals surface area contributed by atoms with Crippen LogP contribution in [-0.2, 0) is 43.5 Å². The molecule has 0 unspecified atom stereocenters. The molecule has 3 aromatic rings. The van der Waals surface area contributed by atoms with E-state index in [1.54, 1.807) is 7.11 Å². The van der Waals surface area contributed by atoms with Crippen molar-refractivity contribution in [2.45, 2.75) is 44.4 Å². The Morgan fingerprint density at radius 1 is 0.686 bits per heavy atom. The largest absolute Gasteiger partial charge is 0.396 e. The first-order valence-corrected chi connectivity index (χ1v) is 12.0. The molecular formula is C29H34O6. The summed E-state index contributed by atoms with van der Waals surface area (Å²) in [4.78, 5) is 0. The molecule has 0 saturated carbocycles. The van der Waals surface area contributed by atoms with Crippen LogP contribution in [0, 0.1) is 5.92 Å². The molecule has 1 aliphatic heterocycles. The summed E-state index contributed by atoms with van der Waals surface area (Å²) in [5.41, 5.74) is 3.16. The predicted molar refractivity (Wildman–Crippen MR) is 132 cm³/mol. The fraction of sp³-hybridized carbons (Fsp3) is 0.379. The van der Waals surface area contributed by atoms with E-state index in [0.717, 1.165) is 16.7 Å². The second-order valence-electron chi connectivity index (χ2n) is 8.65. The molecule has 35 heavy (non-hydrogen) atoms. The van der Waals surface area contributed by atoms with Crippen molar-refractivity contribution < 1.29 is 28.8 Å². The lowest BCUT2D eigenvalue weighted by Gasteiger charge is -2.45. The molecule has 0 aliphatic carbocycles. The van der Waals surface area contributed by atoms with Gasteiger partial charge in [-0.25, -0.2) is 0 Å². The van der Waals surface area contributed by atoms with Crippen LogP contribution in [0.3, 0.4) is 0 Å². The molecule has 0 spiro atoms. The summed E-state index contributed by atoms with van der Waals surface area (Å²) < 4.78 is 30.6. The number of rotatable bonds is 12. The van der Waals surface area contributed by atoms with E-state index in [1.165, 1.54) is 0 Å². The third-order valence-electron chi connectivity index (χ3n) is 6.21. The normalized spacial score (nSPS) is 24.3. The van der Waals surface area contributed by atoms with Crippen molar-refractivity contribution in [2.75, 3.05) is 20.3 Å². The van der Waals surface area contributed by atoms with Gasteiger partial charge in [0, 0.05) is 13.0 Å². The number of aliphatic hydroxyl groups excluding tert-OH is 1. The van der Waals surface area contributed by atoms with E-state index in [0.29, 0.717) is 26.4 Å². The lowest BCUT2D eigenvalue weighted by Crippen LogP contribution is -2.59. The fourth-order valence-corrected chi connectivity index (χ4v) is 4.33. The Kier molecular flexibility index (Phi) is 9.84. The molecule has 3 aromatic carbocycles. The summed E-state index contributed by atoms with van der Waals surface area (Å²) in [6.07, 6.45) is -2.04. The Labute approximate surface area is 207 Å². The lowest BCUT2D eigenvalue weighted by atomic mass is 9.89. The zero-order valence-electron chi connectivity index (χ0n) is 20.1. The second kappa shape index (κ2) is 13.5. The van der Waals surface area contributed by atoms with Gasteiger partial charge in [-0.3, -0.25) is 0 Å². The Balaban J connectivity index is 1.48. The van der Waals surface area contributed by atoms with Crippen molar-refractivity contribution in [1.82, 2.24) is 0 Å². The van der Waals surface area contributed by atoms with E-state index >= 15 is 0 Å². The number of hydrogen-bond donors (Lipinski definition) is 1. The number of benzene rings is 3. The molecular weight excluding hydrogens is 444 g/mol. The second-order valence-corrected chi connectivity index (χ2v) is 8.65. The number of hydrogen-bond acceptors (Lipinski definition) is 6. The maximum absolute atomic E-state index is 10.4. The summed E-state index contributed by atoms with van der Waals surface area (Å²) in [5.74, 6) is -0.346. The van der Waals surface area contributed by atoms with E-state index in [-0.39, 0.29) is 12.5 Å². The van der Waals surface area contributed by atoms with Crippen LogP contribution in [0.5, 0.6) is 0 Å². The molecule has 1 saturated heterocycles. The molecule has 0 aromatic heterocycles. The monoisotopic (exact) mass is 478 g/mol. The third kappa shape index (κ3) is 7.21. The maximum Gasteiger partial charge on any atom is 0.186 e. The number of methoxy groups -OCH3 is 1. The molecule has 0 amide bonds. The molecule has 6 heteroatoms. The van der Waals surface area contributed by atoms with Crippen molar-refractivity contribution in [3.8, 4) is 0 Å². The first-order valence-electron chi connectivity index (χ1n) is 12.0. The van der Waals surface area contributed by atoms with Crippen molar-refractivity contribution in [1.29, 1.82) is 0 Å². The van der Waals surface area contributed by atoms with Gasteiger partial charge in [0.2, 0.25) is 0 Å². The van der Waals surface area contributed by atoms with Crippen LogP contribution in [0.4, 0.5) is 0 Å². The molecule has 5 atom stereocenters. The van der Waals surface area contributed by atoms with Gasteiger partial charge in [0.1, 0.15) is 6.10 Å². The minimum Gasteiger partial charge on any atom is -0.396 e. The quantitative estimate of drug-likeness (QED) is 0.417. The van der Waals surface area contributed by atoms with Crippen LogP contribution >= 0.6 is 0 Å². The molecule has 1 aliphatic rings. The molecule has 186 valence electrons. The number of aliphatic hydroxyl groups is 1. The van der Waals surface area contributed by atoms with E-state index < -0.39 is 24.6 Å². The predicted octanol–water partition coefficient (Wildman–Crippen LogP) is 4.35. The topological polar surface area (TPSA) is 66.4 Å². The molecule has 6 nitrogen and oxygen atoms in total. The third-order valence-corrected chi connectivity index (χ3v) is 6.21.